The maximum atomic E-state index is 13.2. The molecule has 1 atom stereocenters. The maximum absolute atomic E-state index is 13.2. The number of amides is 1. The van der Waals surface area contributed by atoms with Crippen LogP contribution in [0, 0.1) is 5.92 Å². The van der Waals surface area contributed by atoms with Crippen molar-refractivity contribution in [1.82, 2.24) is 9.21 Å². The lowest BCUT2D eigenvalue weighted by Gasteiger charge is -2.35. The van der Waals surface area contributed by atoms with Crippen LogP contribution in [0.2, 0.25) is 5.02 Å². The third-order valence-corrected chi connectivity index (χ3v) is 7.00. The molecule has 0 aromatic heterocycles. The quantitative estimate of drug-likeness (QED) is 0.733. The van der Waals surface area contributed by atoms with Crippen molar-refractivity contribution >= 4 is 27.5 Å². The second-order valence-electron chi connectivity index (χ2n) is 6.66. The largest absolute Gasteiger partial charge is 0.492 e. The van der Waals surface area contributed by atoms with Crippen LogP contribution < -0.4 is 4.74 Å². The minimum Gasteiger partial charge on any atom is -0.492 e. The van der Waals surface area contributed by atoms with Gasteiger partial charge in [-0.2, -0.15) is 4.31 Å². The van der Waals surface area contributed by atoms with Gasteiger partial charge in [-0.25, -0.2) is 8.42 Å². The first kappa shape index (κ1) is 20.4. The summed E-state index contributed by atoms with van der Waals surface area (Å²) in [7, 11) is -3.81. The number of carbonyl (C=O) groups excluding carboxylic acids is 1. The summed E-state index contributed by atoms with van der Waals surface area (Å²) in [4.78, 5) is 14.6. The Hall–Kier alpha value is -1.35. The van der Waals surface area contributed by atoms with Crippen molar-refractivity contribution < 1.29 is 22.7 Å². The number of nitrogens with zero attached hydrogens (tertiary/aromatic N) is 2. The molecular weight excluding hydrogens is 392 g/mol. The summed E-state index contributed by atoms with van der Waals surface area (Å²) in [6.07, 6.45) is 1.33. The molecule has 27 heavy (non-hydrogen) atoms. The first-order valence-electron chi connectivity index (χ1n) is 9.22. The van der Waals surface area contributed by atoms with Crippen molar-refractivity contribution in [3.8, 4) is 5.75 Å². The van der Waals surface area contributed by atoms with E-state index in [9.17, 15) is 13.2 Å². The topological polar surface area (TPSA) is 76.2 Å². The smallest absolute Gasteiger partial charge is 0.246 e. The molecule has 9 heteroatoms. The number of halogens is 1. The summed E-state index contributed by atoms with van der Waals surface area (Å²) in [5.41, 5.74) is 0. The molecule has 2 heterocycles. The van der Waals surface area contributed by atoms with Crippen LogP contribution in [0.3, 0.4) is 0 Å². The van der Waals surface area contributed by atoms with Gasteiger partial charge in [-0.3, -0.25) is 4.79 Å². The maximum Gasteiger partial charge on any atom is 0.246 e. The number of sulfonamides is 1. The van der Waals surface area contributed by atoms with Crippen molar-refractivity contribution in [2.24, 2.45) is 5.92 Å². The van der Waals surface area contributed by atoms with E-state index in [1.807, 2.05) is 0 Å². The molecule has 0 unspecified atom stereocenters. The first-order valence-corrected chi connectivity index (χ1v) is 11.0. The Kier molecular flexibility index (Phi) is 6.62. The molecule has 7 nitrogen and oxygen atoms in total. The number of benzene rings is 1. The van der Waals surface area contributed by atoms with Gasteiger partial charge in [0.1, 0.15) is 10.6 Å². The molecule has 2 aliphatic rings. The molecule has 0 radical (unpaired) electrons. The van der Waals surface area contributed by atoms with Crippen LogP contribution in [-0.2, 0) is 19.6 Å². The van der Waals surface area contributed by atoms with Crippen molar-refractivity contribution in [3.05, 3.63) is 23.2 Å². The molecule has 1 aromatic rings. The molecule has 2 aliphatic heterocycles. The Morgan fingerprint density at radius 3 is 2.74 bits per heavy atom. The summed E-state index contributed by atoms with van der Waals surface area (Å²) < 4.78 is 38.6. The zero-order valence-corrected chi connectivity index (χ0v) is 17.0. The number of morpholine rings is 1. The zero-order valence-electron chi connectivity index (χ0n) is 15.4. The number of hydrogen-bond donors (Lipinski definition) is 0. The molecule has 1 amide bonds. The average molecular weight is 417 g/mol. The number of piperidine rings is 1. The first-order chi connectivity index (χ1) is 12.9. The van der Waals surface area contributed by atoms with Crippen molar-refractivity contribution in [2.45, 2.75) is 24.7 Å². The molecule has 0 saturated carbocycles. The van der Waals surface area contributed by atoms with E-state index in [-0.39, 0.29) is 29.0 Å². The van der Waals surface area contributed by atoms with Crippen LogP contribution in [-0.4, -0.2) is 69.5 Å². The predicted octanol–water partition coefficient (Wildman–Crippen LogP) is 2.00. The molecular formula is C18H25ClN2O5S. The monoisotopic (exact) mass is 416 g/mol. The van der Waals surface area contributed by atoms with Gasteiger partial charge in [0.05, 0.1) is 25.7 Å². The Morgan fingerprint density at radius 2 is 2.04 bits per heavy atom. The van der Waals surface area contributed by atoms with E-state index in [2.05, 4.69) is 0 Å². The SMILES string of the molecule is CCOc1ccc(Cl)cc1S(=O)(=O)N1CCC[C@@H](C(=O)N2CCOCC2)C1. The highest BCUT2D eigenvalue weighted by Gasteiger charge is 2.36. The number of carbonyl (C=O) groups is 1. The van der Waals surface area contributed by atoms with E-state index in [4.69, 9.17) is 21.1 Å². The lowest BCUT2D eigenvalue weighted by Crippen LogP contribution is -2.49. The molecule has 0 N–H and O–H groups in total. The fourth-order valence-corrected chi connectivity index (χ4v) is 5.42. The molecule has 3 rings (SSSR count). The van der Waals surface area contributed by atoms with Crippen LogP contribution in [0.4, 0.5) is 0 Å². The van der Waals surface area contributed by atoms with Gasteiger partial charge in [-0.05, 0) is 38.0 Å². The van der Waals surface area contributed by atoms with Crippen LogP contribution >= 0.6 is 11.6 Å². The summed E-state index contributed by atoms with van der Waals surface area (Å²) in [6, 6.07) is 4.58. The normalized spacial score (nSPS) is 21.9. The molecule has 0 aliphatic carbocycles. The average Bonchev–Trinajstić information content (AvgIpc) is 2.69. The fourth-order valence-electron chi connectivity index (χ4n) is 3.50. The summed E-state index contributed by atoms with van der Waals surface area (Å²) >= 11 is 6.03. The highest BCUT2D eigenvalue weighted by molar-refractivity contribution is 7.89. The highest BCUT2D eigenvalue weighted by Crippen LogP contribution is 2.32. The van der Waals surface area contributed by atoms with E-state index in [0.717, 1.165) is 0 Å². The van der Waals surface area contributed by atoms with E-state index >= 15 is 0 Å². The van der Waals surface area contributed by atoms with Crippen molar-refractivity contribution in [2.75, 3.05) is 46.0 Å². The van der Waals surface area contributed by atoms with Gasteiger partial charge < -0.3 is 14.4 Å². The van der Waals surface area contributed by atoms with Gasteiger partial charge in [0.15, 0.2) is 0 Å². The lowest BCUT2D eigenvalue weighted by atomic mass is 9.98. The van der Waals surface area contributed by atoms with E-state index in [0.29, 0.717) is 57.3 Å². The Morgan fingerprint density at radius 1 is 1.30 bits per heavy atom. The third kappa shape index (κ3) is 4.56. The van der Waals surface area contributed by atoms with Crippen molar-refractivity contribution in [3.63, 3.8) is 0 Å². The molecule has 0 spiro atoms. The van der Waals surface area contributed by atoms with Crippen molar-refractivity contribution in [1.29, 1.82) is 0 Å². The minimum atomic E-state index is -3.81. The van der Waals surface area contributed by atoms with Gasteiger partial charge in [0.2, 0.25) is 15.9 Å². The summed E-state index contributed by atoms with van der Waals surface area (Å²) in [5, 5.41) is 0.329. The van der Waals surface area contributed by atoms with Crippen LogP contribution in [0.1, 0.15) is 19.8 Å². The van der Waals surface area contributed by atoms with Gasteiger partial charge in [-0.1, -0.05) is 11.6 Å². The van der Waals surface area contributed by atoms with E-state index < -0.39 is 10.0 Å². The predicted molar refractivity (Wildman–Crippen MR) is 102 cm³/mol. The number of ether oxygens (including phenoxy) is 2. The standard InChI is InChI=1S/C18H25ClN2O5S/c1-2-26-16-6-5-15(19)12-17(16)27(23,24)21-7-3-4-14(13-21)18(22)20-8-10-25-11-9-20/h5-6,12,14H,2-4,7-11,13H2,1H3/t14-/m1/s1. The molecule has 150 valence electrons. The van der Waals surface area contributed by atoms with Gasteiger partial charge in [0.25, 0.3) is 0 Å². The molecule has 1 aromatic carbocycles. The van der Waals surface area contributed by atoms with Crippen LogP contribution in [0.15, 0.2) is 23.1 Å². The lowest BCUT2D eigenvalue weighted by molar-refractivity contribution is -0.140. The van der Waals surface area contributed by atoms with Gasteiger partial charge >= 0.3 is 0 Å². The van der Waals surface area contributed by atoms with Gasteiger partial charge in [0, 0.05) is 31.2 Å². The fraction of sp³-hybridized carbons (Fsp3) is 0.611. The third-order valence-electron chi connectivity index (χ3n) is 4.88. The van der Waals surface area contributed by atoms with Gasteiger partial charge in [-0.15, -0.1) is 0 Å². The van der Waals surface area contributed by atoms with Crippen LogP contribution in [0.5, 0.6) is 5.75 Å². The molecule has 2 saturated heterocycles. The zero-order chi connectivity index (χ0) is 19.4. The summed E-state index contributed by atoms with van der Waals surface area (Å²) in [6.45, 7) is 4.88. The number of hydrogen-bond acceptors (Lipinski definition) is 5. The minimum absolute atomic E-state index is 0.00863. The summed E-state index contributed by atoms with van der Waals surface area (Å²) in [5.74, 6) is -0.0424. The van der Waals surface area contributed by atoms with E-state index in [1.54, 1.807) is 24.0 Å². The second kappa shape index (κ2) is 8.77. The molecule has 2 fully saturated rings. The molecule has 0 bridgehead atoms. The second-order valence-corrected chi connectivity index (χ2v) is 9.01. The Labute approximate surface area is 165 Å². The number of rotatable bonds is 5. The van der Waals surface area contributed by atoms with E-state index in [1.165, 1.54) is 10.4 Å². The van der Waals surface area contributed by atoms with Crippen LogP contribution in [0.25, 0.3) is 0 Å². The Bertz CT molecular complexity index is 780. The Balaban J connectivity index is 1.80. The highest BCUT2D eigenvalue weighted by atomic mass is 35.5.